The van der Waals surface area contributed by atoms with E-state index < -0.39 is 11.0 Å². The van der Waals surface area contributed by atoms with E-state index in [1.165, 1.54) is 30.7 Å². The summed E-state index contributed by atoms with van der Waals surface area (Å²) in [4.78, 5) is 29.5. The van der Waals surface area contributed by atoms with Crippen molar-refractivity contribution in [3.63, 3.8) is 0 Å². The lowest BCUT2D eigenvalue weighted by Gasteiger charge is -2.07. The molecule has 0 saturated heterocycles. The number of carbonyl (C=O) groups excluding carboxylic acids is 1. The van der Waals surface area contributed by atoms with Gasteiger partial charge in [-0.25, -0.2) is 9.78 Å². The number of hydrogen-bond donors (Lipinski definition) is 2. The van der Waals surface area contributed by atoms with E-state index in [2.05, 4.69) is 20.6 Å². The molecular weight excluding hydrogens is 286 g/mol. The van der Waals surface area contributed by atoms with Crippen molar-refractivity contribution in [1.82, 2.24) is 9.97 Å². The van der Waals surface area contributed by atoms with Crippen LogP contribution in [0, 0.1) is 10.1 Å². The maximum absolute atomic E-state index is 11.7. The lowest BCUT2D eigenvalue weighted by Crippen LogP contribution is -2.20. The van der Waals surface area contributed by atoms with Crippen molar-refractivity contribution in [2.45, 2.75) is 0 Å². The number of hydrogen-bond acceptors (Lipinski definition) is 5. The number of benzene rings is 1. The van der Waals surface area contributed by atoms with E-state index in [1.807, 2.05) is 0 Å². The van der Waals surface area contributed by atoms with Crippen LogP contribution in [-0.4, -0.2) is 20.9 Å². The lowest BCUT2D eigenvalue weighted by atomic mass is 10.2. The fourth-order valence-electron chi connectivity index (χ4n) is 1.40. The molecule has 0 spiro atoms. The first kappa shape index (κ1) is 13.7. The van der Waals surface area contributed by atoms with Crippen LogP contribution in [0.25, 0.3) is 0 Å². The molecule has 1 aromatic heterocycles. The summed E-state index contributed by atoms with van der Waals surface area (Å²) in [6.07, 6.45) is 4.20. The number of anilines is 2. The van der Waals surface area contributed by atoms with Crippen LogP contribution in [0.5, 0.6) is 0 Å². The average molecular weight is 294 g/mol. The second kappa shape index (κ2) is 5.93. The van der Waals surface area contributed by atoms with Gasteiger partial charge in [0, 0.05) is 23.5 Å². The molecular formula is C11H8ClN5O3. The standard InChI is InChI=1S/C11H8ClN5O3/c12-7-1-2-8(9(5-7)17(19)20)15-11(18)16-10-6-13-3-4-14-10/h1-6H,(H2,14,15,16,18). The molecule has 0 aliphatic heterocycles. The molecule has 0 aliphatic rings. The molecule has 0 fully saturated rings. The second-order valence-electron chi connectivity index (χ2n) is 3.59. The maximum Gasteiger partial charge on any atom is 0.325 e. The first-order chi connectivity index (χ1) is 9.56. The summed E-state index contributed by atoms with van der Waals surface area (Å²) in [6.45, 7) is 0. The molecule has 0 atom stereocenters. The molecule has 0 aliphatic carbocycles. The summed E-state index contributed by atoms with van der Waals surface area (Å²) >= 11 is 5.68. The number of nitro benzene ring substituents is 1. The first-order valence-corrected chi connectivity index (χ1v) is 5.72. The van der Waals surface area contributed by atoms with Crippen LogP contribution in [0.2, 0.25) is 5.02 Å². The Labute approximate surface area is 118 Å². The Kier molecular flexibility index (Phi) is 4.06. The highest BCUT2D eigenvalue weighted by Gasteiger charge is 2.16. The van der Waals surface area contributed by atoms with E-state index in [-0.39, 0.29) is 22.2 Å². The highest BCUT2D eigenvalue weighted by Crippen LogP contribution is 2.27. The lowest BCUT2D eigenvalue weighted by molar-refractivity contribution is -0.383. The van der Waals surface area contributed by atoms with E-state index in [0.717, 1.165) is 6.07 Å². The van der Waals surface area contributed by atoms with Crippen molar-refractivity contribution in [3.8, 4) is 0 Å². The number of aromatic nitrogens is 2. The van der Waals surface area contributed by atoms with Gasteiger partial charge in [0.05, 0.1) is 11.1 Å². The topological polar surface area (TPSA) is 110 Å². The SMILES string of the molecule is O=C(Nc1cnccn1)Nc1ccc(Cl)cc1[N+](=O)[O-]. The van der Waals surface area contributed by atoms with Gasteiger partial charge in [0.1, 0.15) is 5.69 Å². The quantitative estimate of drug-likeness (QED) is 0.667. The Balaban J connectivity index is 2.14. The van der Waals surface area contributed by atoms with Crippen LogP contribution >= 0.6 is 11.6 Å². The number of nitro groups is 1. The number of urea groups is 1. The summed E-state index contributed by atoms with van der Waals surface area (Å²) in [7, 11) is 0. The number of rotatable bonds is 3. The van der Waals surface area contributed by atoms with Crippen molar-refractivity contribution >= 4 is 34.8 Å². The predicted molar refractivity (Wildman–Crippen MR) is 72.8 cm³/mol. The summed E-state index contributed by atoms with van der Waals surface area (Å²) in [5.74, 6) is 0.224. The van der Waals surface area contributed by atoms with Gasteiger partial charge in [-0.15, -0.1) is 0 Å². The average Bonchev–Trinajstić information content (AvgIpc) is 2.41. The van der Waals surface area contributed by atoms with Crippen LogP contribution in [0.3, 0.4) is 0 Å². The van der Waals surface area contributed by atoms with E-state index in [4.69, 9.17) is 11.6 Å². The van der Waals surface area contributed by atoms with Gasteiger partial charge in [-0.3, -0.25) is 20.4 Å². The molecule has 9 heteroatoms. The number of nitrogens with zero attached hydrogens (tertiary/aromatic N) is 3. The molecule has 20 heavy (non-hydrogen) atoms. The molecule has 0 saturated carbocycles. The van der Waals surface area contributed by atoms with Crippen LogP contribution in [0.4, 0.5) is 22.0 Å². The van der Waals surface area contributed by atoms with Gasteiger partial charge >= 0.3 is 6.03 Å². The predicted octanol–water partition coefficient (Wildman–Crippen LogP) is 2.68. The zero-order chi connectivity index (χ0) is 14.5. The van der Waals surface area contributed by atoms with Gasteiger partial charge in [-0.2, -0.15) is 0 Å². The molecule has 0 radical (unpaired) electrons. The third-order valence-electron chi connectivity index (χ3n) is 2.21. The Morgan fingerprint density at radius 3 is 2.75 bits per heavy atom. The van der Waals surface area contributed by atoms with E-state index >= 15 is 0 Å². The molecule has 1 aromatic carbocycles. The zero-order valence-electron chi connectivity index (χ0n) is 9.91. The Bertz CT molecular complexity index is 650. The summed E-state index contributed by atoms with van der Waals surface area (Å²) < 4.78 is 0. The fourth-order valence-corrected chi connectivity index (χ4v) is 1.56. The van der Waals surface area contributed by atoms with Crippen molar-refractivity contribution in [2.24, 2.45) is 0 Å². The van der Waals surface area contributed by atoms with Crippen LogP contribution in [0.1, 0.15) is 0 Å². The minimum Gasteiger partial charge on any atom is -0.302 e. The molecule has 2 rings (SSSR count). The first-order valence-electron chi connectivity index (χ1n) is 5.34. The molecule has 8 nitrogen and oxygen atoms in total. The molecule has 102 valence electrons. The maximum atomic E-state index is 11.7. The molecule has 2 N–H and O–H groups in total. The number of nitrogens with one attached hydrogen (secondary N) is 2. The van der Waals surface area contributed by atoms with Gasteiger partial charge in [0.15, 0.2) is 5.82 Å². The van der Waals surface area contributed by atoms with E-state index in [0.29, 0.717) is 0 Å². The van der Waals surface area contributed by atoms with Crippen molar-refractivity contribution in [2.75, 3.05) is 10.6 Å². The highest BCUT2D eigenvalue weighted by atomic mass is 35.5. The molecule has 1 heterocycles. The second-order valence-corrected chi connectivity index (χ2v) is 4.02. The molecule has 0 unspecified atom stereocenters. The molecule has 2 aromatic rings. The van der Waals surface area contributed by atoms with Crippen molar-refractivity contribution < 1.29 is 9.72 Å². The van der Waals surface area contributed by atoms with Crippen LogP contribution in [-0.2, 0) is 0 Å². The smallest absolute Gasteiger partial charge is 0.302 e. The van der Waals surface area contributed by atoms with Crippen molar-refractivity contribution in [3.05, 3.63) is 51.9 Å². The van der Waals surface area contributed by atoms with E-state index in [1.54, 1.807) is 0 Å². The highest BCUT2D eigenvalue weighted by molar-refractivity contribution is 6.31. The third-order valence-corrected chi connectivity index (χ3v) is 2.44. The number of halogens is 1. The Morgan fingerprint density at radius 1 is 1.30 bits per heavy atom. The molecule has 0 bridgehead atoms. The van der Waals surface area contributed by atoms with Gasteiger partial charge in [-0.1, -0.05) is 11.6 Å². The number of carbonyl (C=O) groups is 1. The van der Waals surface area contributed by atoms with Crippen molar-refractivity contribution in [1.29, 1.82) is 0 Å². The van der Waals surface area contributed by atoms with Gasteiger partial charge in [0.2, 0.25) is 0 Å². The normalized spacial score (nSPS) is 9.85. The largest absolute Gasteiger partial charge is 0.325 e. The zero-order valence-corrected chi connectivity index (χ0v) is 10.7. The monoisotopic (exact) mass is 293 g/mol. The Morgan fingerprint density at radius 2 is 2.10 bits per heavy atom. The summed E-state index contributed by atoms with van der Waals surface area (Å²) in [5, 5.41) is 15.8. The minimum absolute atomic E-state index is 0.0285. The Hall–Kier alpha value is -2.74. The fraction of sp³-hybridized carbons (Fsp3) is 0. The van der Waals surface area contributed by atoms with Gasteiger partial charge in [0.25, 0.3) is 5.69 Å². The summed E-state index contributed by atoms with van der Waals surface area (Å²) in [6, 6.07) is 3.26. The van der Waals surface area contributed by atoms with E-state index in [9.17, 15) is 14.9 Å². The van der Waals surface area contributed by atoms with Crippen LogP contribution in [0.15, 0.2) is 36.8 Å². The third kappa shape index (κ3) is 3.39. The van der Waals surface area contributed by atoms with Gasteiger partial charge < -0.3 is 5.32 Å². The number of amides is 2. The summed E-state index contributed by atoms with van der Waals surface area (Å²) in [5.41, 5.74) is -0.271. The molecule has 2 amide bonds. The minimum atomic E-state index is -0.670. The van der Waals surface area contributed by atoms with Crippen LogP contribution < -0.4 is 10.6 Å². The van der Waals surface area contributed by atoms with Gasteiger partial charge in [-0.05, 0) is 12.1 Å².